The molecule has 35 heavy (non-hydrogen) atoms. The first-order chi connectivity index (χ1) is 16.9. The lowest BCUT2D eigenvalue weighted by Gasteiger charge is -2.35. The first kappa shape index (κ1) is 23.6. The Labute approximate surface area is 208 Å². The average Bonchev–Trinajstić information content (AvgIpc) is 3.46. The van der Waals surface area contributed by atoms with E-state index in [4.69, 9.17) is 18.9 Å². The minimum absolute atomic E-state index is 0.0286. The van der Waals surface area contributed by atoms with Crippen LogP contribution in [0, 0.1) is 5.92 Å². The predicted octanol–water partition coefficient (Wildman–Crippen LogP) is 4.19. The molecule has 1 aliphatic carbocycles. The number of amides is 1. The van der Waals surface area contributed by atoms with Gasteiger partial charge in [0.25, 0.3) is 5.91 Å². The summed E-state index contributed by atoms with van der Waals surface area (Å²) in [5.41, 5.74) is 1.01. The molecular formula is C25H29N3O6S. The standard InChI is InChI=1S/C25H29N3O6S/c1-12(2)23-26-27-25(35-23)28-19(13-10-16(31-3)21(33-5)17(11-13)32-4)18-20(29)14-8-6-7-9-15(14)34-22(18)24(28)30/h10-12,14-15,19H,6-9H2,1-5H3. The van der Waals surface area contributed by atoms with Gasteiger partial charge in [-0.3, -0.25) is 14.5 Å². The van der Waals surface area contributed by atoms with Gasteiger partial charge >= 0.3 is 0 Å². The molecule has 1 aromatic carbocycles. The van der Waals surface area contributed by atoms with Crippen LogP contribution in [0.1, 0.15) is 62.1 Å². The van der Waals surface area contributed by atoms with Crippen LogP contribution in [0.4, 0.5) is 5.13 Å². The van der Waals surface area contributed by atoms with E-state index in [1.54, 1.807) is 12.1 Å². The van der Waals surface area contributed by atoms with Crippen molar-refractivity contribution < 1.29 is 28.5 Å². The quantitative estimate of drug-likeness (QED) is 0.583. The van der Waals surface area contributed by atoms with E-state index in [1.807, 2.05) is 13.8 Å². The number of ether oxygens (including phenoxy) is 4. The van der Waals surface area contributed by atoms with Crippen LogP contribution in [-0.2, 0) is 14.3 Å². The molecule has 1 amide bonds. The van der Waals surface area contributed by atoms with Gasteiger partial charge in [0.2, 0.25) is 10.9 Å². The summed E-state index contributed by atoms with van der Waals surface area (Å²) in [7, 11) is 4.59. The smallest absolute Gasteiger partial charge is 0.296 e. The molecule has 9 nitrogen and oxygen atoms in total. The number of carbonyl (C=O) groups is 2. The van der Waals surface area contributed by atoms with Crippen LogP contribution in [-0.4, -0.2) is 49.3 Å². The van der Waals surface area contributed by atoms with Crippen molar-refractivity contribution in [3.05, 3.63) is 34.0 Å². The lowest BCUT2D eigenvalue weighted by atomic mass is 9.77. The third-order valence-electron chi connectivity index (χ3n) is 6.90. The maximum Gasteiger partial charge on any atom is 0.296 e. The van der Waals surface area contributed by atoms with Gasteiger partial charge in [-0.05, 0) is 37.0 Å². The van der Waals surface area contributed by atoms with Gasteiger partial charge in [-0.15, -0.1) is 10.2 Å². The number of nitrogens with zero attached hydrogens (tertiary/aromatic N) is 3. The second kappa shape index (κ2) is 9.14. The van der Waals surface area contributed by atoms with Gasteiger partial charge in [0.15, 0.2) is 23.0 Å². The summed E-state index contributed by atoms with van der Waals surface area (Å²) in [4.78, 5) is 29.2. The van der Waals surface area contributed by atoms with E-state index in [9.17, 15) is 9.59 Å². The Morgan fingerprint density at radius 2 is 1.71 bits per heavy atom. The summed E-state index contributed by atoms with van der Waals surface area (Å²) in [5.74, 6) is 0.925. The molecule has 1 aromatic heterocycles. The maximum atomic E-state index is 13.9. The molecule has 3 unspecified atom stereocenters. The largest absolute Gasteiger partial charge is 0.493 e. The molecule has 1 saturated carbocycles. The van der Waals surface area contributed by atoms with E-state index in [0.29, 0.717) is 33.5 Å². The number of anilines is 1. The number of Topliss-reactive ketones (excluding diaryl/α,β-unsaturated/α-hetero) is 1. The number of aromatic nitrogens is 2. The van der Waals surface area contributed by atoms with Crippen LogP contribution in [0.5, 0.6) is 17.2 Å². The number of hydrogen-bond donors (Lipinski definition) is 0. The van der Waals surface area contributed by atoms with Gasteiger partial charge in [-0.1, -0.05) is 31.6 Å². The number of methoxy groups -OCH3 is 3. The number of benzene rings is 1. The summed E-state index contributed by atoms with van der Waals surface area (Å²) in [6.07, 6.45) is 3.22. The van der Waals surface area contributed by atoms with Crippen molar-refractivity contribution >= 4 is 28.2 Å². The Kier molecular flexibility index (Phi) is 6.16. The fraction of sp³-hybridized carbons (Fsp3) is 0.520. The van der Waals surface area contributed by atoms with E-state index < -0.39 is 6.04 Å². The molecule has 10 heteroatoms. The van der Waals surface area contributed by atoms with E-state index in [0.717, 1.165) is 30.7 Å². The molecule has 2 aliphatic heterocycles. The lowest BCUT2D eigenvalue weighted by molar-refractivity contribution is -0.131. The molecule has 186 valence electrons. The first-order valence-electron chi connectivity index (χ1n) is 11.8. The SMILES string of the molecule is COc1cc(C2C3=C(OC4CCCCC4C3=O)C(=O)N2c2nnc(C(C)C)s2)cc(OC)c1OC. The number of fused-ring (bicyclic) bond motifs is 1. The molecule has 1 fully saturated rings. The van der Waals surface area contributed by atoms with Crippen LogP contribution in [0.2, 0.25) is 0 Å². The highest BCUT2D eigenvalue weighted by atomic mass is 32.1. The molecule has 0 spiro atoms. The lowest BCUT2D eigenvalue weighted by Crippen LogP contribution is -2.39. The number of hydrogen-bond acceptors (Lipinski definition) is 9. The first-order valence-corrected chi connectivity index (χ1v) is 12.6. The molecular weight excluding hydrogens is 470 g/mol. The van der Waals surface area contributed by atoms with Crippen molar-refractivity contribution in [1.82, 2.24) is 10.2 Å². The third kappa shape index (κ3) is 3.74. The summed E-state index contributed by atoms with van der Waals surface area (Å²) in [5, 5.41) is 9.85. The van der Waals surface area contributed by atoms with Gasteiger partial charge in [0, 0.05) is 5.92 Å². The van der Waals surface area contributed by atoms with E-state index in [-0.39, 0.29) is 35.4 Å². The van der Waals surface area contributed by atoms with Crippen LogP contribution in [0.25, 0.3) is 0 Å². The number of carbonyl (C=O) groups excluding carboxylic acids is 2. The summed E-state index contributed by atoms with van der Waals surface area (Å²) in [6.45, 7) is 4.04. The summed E-state index contributed by atoms with van der Waals surface area (Å²) in [6, 6.07) is 2.80. The molecule has 3 atom stereocenters. The van der Waals surface area contributed by atoms with Crippen molar-refractivity contribution in [2.24, 2.45) is 5.92 Å². The zero-order valence-electron chi connectivity index (χ0n) is 20.5. The number of rotatable bonds is 6. The van der Waals surface area contributed by atoms with Gasteiger partial charge in [0.05, 0.1) is 38.9 Å². The predicted molar refractivity (Wildman–Crippen MR) is 129 cm³/mol. The molecule has 0 saturated heterocycles. The Hall–Kier alpha value is -3.14. The average molecular weight is 500 g/mol. The zero-order valence-corrected chi connectivity index (χ0v) is 21.3. The highest BCUT2D eigenvalue weighted by molar-refractivity contribution is 7.15. The van der Waals surface area contributed by atoms with Crippen molar-refractivity contribution in [2.75, 3.05) is 26.2 Å². The normalized spacial score (nSPS) is 23.8. The highest BCUT2D eigenvalue weighted by Gasteiger charge is 2.53. The topological polar surface area (TPSA) is 100 Å². The van der Waals surface area contributed by atoms with Gasteiger partial charge < -0.3 is 18.9 Å². The van der Waals surface area contributed by atoms with E-state index >= 15 is 0 Å². The Morgan fingerprint density at radius 1 is 1.03 bits per heavy atom. The Balaban J connectivity index is 1.69. The fourth-order valence-electron chi connectivity index (χ4n) is 5.17. The van der Waals surface area contributed by atoms with Gasteiger partial charge in [-0.25, -0.2) is 0 Å². The van der Waals surface area contributed by atoms with Crippen molar-refractivity contribution in [2.45, 2.75) is 57.6 Å². The van der Waals surface area contributed by atoms with Crippen molar-refractivity contribution in [1.29, 1.82) is 0 Å². The highest BCUT2D eigenvalue weighted by Crippen LogP contribution is 2.51. The maximum absolute atomic E-state index is 13.9. The van der Waals surface area contributed by atoms with Gasteiger partial charge in [0.1, 0.15) is 11.1 Å². The third-order valence-corrected chi connectivity index (χ3v) is 8.12. The van der Waals surface area contributed by atoms with E-state index in [2.05, 4.69) is 10.2 Å². The number of ketones is 1. The molecule has 0 bridgehead atoms. The molecule has 3 heterocycles. The molecule has 5 rings (SSSR count). The van der Waals surface area contributed by atoms with Crippen LogP contribution >= 0.6 is 11.3 Å². The van der Waals surface area contributed by atoms with Crippen LogP contribution in [0.3, 0.4) is 0 Å². The van der Waals surface area contributed by atoms with Gasteiger partial charge in [-0.2, -0.15) is 0 Å². The minimum Gasteiger partial charge on any atom is -0.493 e. The second-order valence-electron chi connectivity index (χ2n) is 9.27. The monoisotopic (exact) mass is 499 g/mol. The summed E-state index contributed by atoms with van der Waals surface area (Å²) >= 11 is 1.34. The van der Waals surface area contributed by atoms with E-state index in [1.165, 1.54) is 37.6 Å². The van der Waals surface area contributed by atoms with Crippen LogP contribution < -0.4 is 19.1 Å². The van der Waals surface area contributed by atoms with Crippen LogP contribution in [0.15, 0.2) is 23.5 Å². The Bertz CT molecular complexity index is 1180. The molecule has 0 N–H and O–H groups in total. The minimum atomic E-state index is -0.741. The fourth-order valence-corrected chi connectivity index (χ4v) is 6.05. The van der Waals surface area contributed by atoms with Crippen molar-refractivity contribution in [3.63, 3.8) is 0 Å². The molecule has 2 aromatic rings. The van der Waals surface area contributed by atoms with Crippen molar-refractivity contribution in [3.8, 4) is 17.2 Å². The molecule has 0 radical (unpaired) electrons. The molecule has 3 aliphatic rings. The Morgan fingerprint density at radius 3 is 2.31 bits per heavy atom. The zero-order chi connectivity index (χ0) is 24.9. The second-order valence-corrected chi connectivity index (χ2v) is 10.3. The summed E-state index contributed by atoms with van der Waals surface area (Å²) < 4.78 is 22.9.